The minimum absolute atomic E-state index is 0.252. The minimum Gasteiger partial charge on any atom is -0.316 e. The zero-order chi connectivity index (χ0) is 11.5. The fraction of sp³-hybridized carbons (Fsp3) is 0.273. The predicted octanol–water partition coefficient (Wildman–Crippen LogP) is 1.34. The van der Waals surface area contributed by atoms with Crippen molar-refractivity contribution >= 4 is 0 Å². The Bertz CT molecular complexity index is 492. The number of hydrogen-bond acceptors (Lipinski definition) is 3. The van der Waals surface area contributed by atoms with Gasteiger partial charge >= 0.3 is 0 Å². The Balaban J connectivity index is 2.40. The first-order valence-corrected chi connectivity index (χ1v) is 5.00. The molecule has 1 aromatic heterocycles. The third-order valence-corrected chi connectivity index (χ3v) is 2.40. The second-order valence-corrected chi connectivity index (χ2v) is 3.59. The van der Waals surface area contributed by atoms with Crippen LogP contribution in [0.5, 0.6) is 0 Å². The van der Waals surface area contributed by atoms with E-state index in [1.54, 1.807) is 24.0 Å². The molecule has 0 saturated carbocycles. The number of halogens is 1. The Morgan fingerprint density at radius 1 is 1.44 bits per heavy atom. The highest BCUT2D eigenvalue weighted by Crippen LogP contribution is 2.21. The zero-order valence-corrected chi connectivity index (χ0v) is 9.24. The van der Waals surface area contributed by atoms with E-state index in [2.05, 4.69) is 15.6 Å². The Hall–Kier alpha value is -1.75. The summed E-state index contributed by atoms with van der Waals surface area (Å²) in [6.45, 7) is 0.654. The van der Waals surface area contributed by atoms with Crippen LogP contribution in [0.15, 0.2) is 24.4 Å². The molecule has 1 heterocycles. The summed E-state index contributed by atoms with van der Waals surface area (Å²) in [5.74, 6) is -0.252. The Labute approximate surface area is 93.1 Å². The van der Waals surface area contributed by atoms with Gasteiger partial charge in [0.1, 0.15) is 5.82 Å². The molecule has 84 valence electrons. The molecular weight excluding hydrogens is 207 g/mol. The van der Waals surface area contributed by atoms with Gasteiger partial charge in [0.05, 0.1) is 11.9 Å². The first kappa shape index (κ1) is 10.8. The van der Waals surface area contributed by atoms with Gasteiger partial charge in [-0.1, -0.05) is 11.3 Å². The van der Waals surface area contributed by atoms with Crippen LogP contribution in [0.2, 0.25) is 0 Å². The maximum Gasteiger partial charge on any atom is 0.132 e. The number of aromatic nitrogens is 3. The van der Waals surface area contributed by atoms with Crippen LogP contribution in [-0.4, -0.2) is 22.0 Å². The smallest absolute Gasteiger partial charge is 0.132 e. The molecule has 0 amide bonds. The average molecular weight is 220 g/mol. The van der Waals surface area contributed by atoms with E-state index in [1.165, 1.54) is 6.07 Å². The first-order chi connectivity index (χ1) is 7.72. The molecule has 0 aliphatic carbocycles. The number of rotatable bonds is 3. The fourth-order valence-electron chi connectivity index (χ4n) is 1.61. The van der Waals surface area contributed by atoms with Gasteiger partial charge in [-0.25, -0.2) is 9.07 Å². The van der Waals surface area contributed by atoms with Gasteiger partial charge in [0.2, 0.25) is 0 Å². The molecule has 0 bridgehead atoms. The monoisotopic (exact) mass is 220 g/mol. The fourth-order valence-corrected chi connectivity index (χ4v) is 1.61. The molecule has 16 heavy (non-hydrogen) atoms. The lowest BCUT2D eigenvalue weighted by molar-refractivity contribution is 0.623. The van der Waals surface area contributed by atoms with Gasteiger partial charge in [0.15, 0.2) is 0 Å². The van der Waals surface area contributed by atoms with Crippen LogP contribution >= 0.6 is 0 Å². The van der Waals surface area contributed by atoms with Crippen LogP contribution in [0.3, 0.4) is 0 Å². The number of aryl methyl sites for hydroxylation is 1. The van der Waals surface area contributed by atoms with E-state index < -0.39 is 0 Å². The van der Waals surface area contributed by atoms with Crippen molar-refractivity contribution in [2.45, 2.75) is 6.54 Å². The maximum absolute atomic E-state index is 13.8. The molecule has 0 aliphatic heterocycles. The predicted molar refractivity (Wildman–Crippen MR) is 59.2 cm³/mol. The molecule has 5 heteroatoms. The van der Waals surface area contributed by atoms with Crippen LogP contribution in [0.1, 0.15) is 5.56 Å². The van der Waals surface area contributed by atoms with Gasteiger partial charge in [-0.15, -0.1) is 5.10 Å². The summed E-state index contributed by atoms with van der Waals surface area (Å²) < 4.78 is 15.4. The van der Waals surface area contributed by atoms with Gasteiger partial charge in [-0.3, -0.25) is 0 Å². The number of benzene rings is 1. The molecule has 0 saturated heterocycles. The summed E-state index contributed by atoms with van der Waals surface area (Å²) in [6, 6.07) is 5.17. The molecule has 1 aromatic carbocycles. The van der Waals surface area contributed by atoms with E-state index in [-0.39, 0.29) is 5.82 Å². The van der Waals surface area contributed by atoms with Gasteiger partial charge in [-0.2, -0.15) is 0 Å². The third-order valence-electron chi connectivity index (χ3n) is 2.40. The van der Waals surface area contributed by atoms with Crippen molar-refractivity contribution in [1.82, 2.24) is 20.3 Å². The van der Waals surface area contributed by atoms with Crippen molar-refractivity contribution in [2.24, 2.45) is 7.05 Å². The van der Waals surface area contributed by atoms with E-state index in [4.69, 9.17) is 0 Å². The van der Waals surface area contributed by atoms with Crippen molar-refractivity contribution in [3.05, 3.63) is 35.8 Å². The first-order valence-electron chi connectivity index (χ1n) is 5.00. The summed E-state index contributed by atoms with van der Waals surface area (Å²) in [6.07, 6.45) is 1.55. The summed E-state index contributed by atoms with van der Waals surface area (Å²) in [5.41, 5.74) is 2.11. The SMILES string of the molecule is CNCc1ccc(-c2cnnn2C)c(F)c1. The van der Waals surface area contributed by atoms with Crippen molar-refractivity contribution < 1.29 is 4.39 Å². The zero-order valence-electron chi connectivity index (χ0n) is 9.24. The van der Waals surface area contributed by atoms with Gasteiger partial charge in [0, 0.05) is 19.2 Å². The largest absolute Gasteiger partial charge is 0.316 e. The number of nitrogens with zero attached hydrogens (tertiary/aromatic N) is 3. The highest BCUT2D eigenvalue weighted by molar-refractivity contribution is 5.59. The number of nitrogens with one attached hydrogen (secondary N) is 1. The molecular formula is C11H13FN4. The molecule has 0 aliphatic rings. The highest BCUT2D eigenvalue weighted by atomic mass is 19.1. The topological polar surface area (TPSA) is 42.7 Å². The molecule has 0 fully saturated rings. The summed E-state index contributed by atoms with van der Waals surface area (Å²) in [5, 5.41) is 10.5. The Morgan fingerprint density at radius 2 is 2.25 bits per heavy atom. The quantitative estimate of drug-likeness (QED) is 0.848. The second-order valence-electron chi connectivity index (χ2n) is 3.59. The number of hydrogen-bond donors (Lipinski definition) is 1. The van der Waals surface area contributed by atoms with E-state index in [9.17, 15) is 4.39 Å². The van der Waals surface area contributed by atoms with Crippen LogP contribution in [0.25, 0.3) is 11.3 Å². The molecule has 4 nitrogen and oxygen atoms in total. The molecule has 0 radical (unpaired) electrons. The summed E-state index contributed by atoms with van der Waals surface area (Å²) in [7, 11) is 3.57. The maximum atomic E-state index is 13.8. The standard InChI is InChI=1S/C11H13FN4/c1-13-6-8-3-4-9(10(12)5-8)11-7-14-15-16(11)2/h3-5,7,13H,6H2,1-2H3. The van der Waals surface area contributed by atoms with E-state index in [0.717, 1.165) is 5.56 Å². The molecule has 0 atom stereocenters. The lowest BCUT2D eigenvalue weighted by Gasteiger charge is -2.05. The van der Waals surface area contributed by atoms with E-state index in [1.807, 2.05) is 13.1 Å². The van der Waals surface area contributed by atoms with Gasteiger partial charge in [0.25, 0.3) is 0 Å². The normalized spacial score (nSPS) is 10.7. The molecule has 0 unspecified atom stereocenters. The van der Waals surface area contributed by atoms with Gasteiger partial charge in [-0.05, 0) is 24.7 Å². The molecule has 1 N–H and O–H groups in total. The lowest BCUT2D eigenvalue weighted by Crippen LogP contribution is -2.05. The molecule has 2 rings (SSSR count). The van der Waals surface area contributed by atoms with Crippen molar-refractivity contribution in [3.63, 3.8) is 0 Å². The van der Waals surface area contributed by atoms with Gasteiger partial charge < -0.3 is 5.32 Å². The molecule has 0 spiro atoms. The van der Waals surface area contributed by atoms with E-state index in [0.29, 0.717) is 17.8 Å². The second kappa shape index (κ2) is 4.40. The minimum atomic E-state index is -0.252. The Morgan fingerprint density at radius 3 is 2.81 bits per heavy atom. The van der Waals surface area contributed by atoms with Crippen LogP contribution < -0.4 is 5.32 Å². The van der Waals surface area contributed by atoms with Crippen LogP contribution in [0, 0.1) is 5.82 Å². The molecule has 2 aromatic rings. The van der Waals surface area contributed by atoms with Crippen LogP contribution in [0.4, 0.5) is 4.39 Å². The Kier molecular flexibility index (Phi) is 2.96. The average Bonchev–Trinajstić information content (AvgIpc) is 2.65. The third kappa shape index (κ3) is 1.94. The van der Waals surface area contributed by atoms with Crippen molar-refractivity contribution in [1.29, 1.82) is 0 Å². The van der Waals surface area contributed by atoms with Crippen molar-refractivity contribution in [3.8, 4) is 11.3 Å². The highest BCUT2D eigenvalue weighted by Gasteiger charge is 2.09. The summed E-state index contributed by atoms with van der Waals surface area (Å²) in [4.78, 5) is 0. The lowest BCUT2D eigenvalue weighted by atomic mass is 10.1. The van der Waals surface area contributed by atoms with Crippen LogP contribution in [-0.2, 0) is 13.6 Å². The van der Waals surface area contributed by atoms with Crippen molar-refractivity contribution in [2.75, 3.05) is 7.05 Å². The van der Waals surface area contributed by atoms with E-state index >= 15 is 0 Å². The summed E-state index contributed by atoms with van der Waals surface area (Å²) >= 11 is 0.